The second-order valence-electron chi connectivity index (χ2n) is 3.44. The van der Waals surface area contributed by atoms with Crippen LogP contribution in [0.4, 0.5) is 10.2 Å². The molecule has 1 N–H and O–H groups in total. The first-order valence-electron chi connectivity index (χ1n) is 4.92. The molecule has 0 amide bonds. The topological polar surface area (TPSA) is 37.8 Å². The summed E-state index contributed by atoms with van der Waals surface area (Å²) in [5.41, 5.74) is 0.836. The van der Waals surface area contributed by atoms with Gasteiger partial charge in [0.2, 0.25) is 5.28 Å². The average molecular weight is 351 g/mol. The predicted octanol–water partition coefficient (Wildman–Crippen LogP) is 4.30. The normalized spacial score (nSPS) is 10.4. The van der Waals surface area contributed by atoms with E-state index >= 15 is 0 Å². The molecule has 0 aliphatic carbocycles. The maximum Gasteiger partial charge on any atom is 0.224 e. The van der Waals surface area contributed by atoms with Gasteiger partial charge in [0.1, 0.15) is 11.6 Å². The van der Waals surface area contributed by atoms with Crippen molar-refractivity contribution in [2.75, 3.05) is 5.32 Å². The molecule has 0 saturated carbocycles. The highest BCUT2D eigenvalue weighted by Crippen LogP contribution is 2.22. The second kappa shape index (κ2) is 5.82. The van der Waals surface area contributed by atoms with Gasteiger partial charge < -0.3 is 5.32 Å². The SMILES string of the molecule is Fc1ccc(CNc2nc(Cl)ncc2Br)cc1Cl. The van der Waals surface area contributed by atoms with Crippen LogP contribution in [0, 0.1) is 5.82 Å². The van der Waals surface area contributed by atoms with Crippen LogP contribution in [0.15, 0.2) is 28.9 Å². The Hall–Kier alpha value is -0.910. The molecule has 1 heterocycles. The van der Waals surface area contributed by atoms with E-state index in [0.717, 1.165) is 5.56 Å². The van der Waals surface area contributed by atoms with Crippen LogP contribution in [0.5, 0.6) is 0 Å². The molecule has 1 aromatic heterocycles. The van der Waals surface area contributed by atoms with Gasteiger partial charge in [-0.1, -0.05) is 17.7 Å². The van der Waals surface area contributed by atoms with Gasteiger partial charge >= 0.3 is 0 Å². The predicted molar refractivity (Wildman–Crippen MR) is 73.5 cm³/mol. The summed E-state index contributed by atoms with van der Waals surface area (Å²) in [5, 5.41) is 3.30. The Kier molecular flexibility index (Phi) is 4.37. The molecule has 0 aliphatic rings. The fourth-order valence-corrected chi connectivity index (χ4v) is 1.97. The van der Waals surface area contributed by atoms with E-state index in [2.05, 4.69) is 31.2 Å². The summed E-state index contributed by atoms with van der Waals surface area (Å²) in [6, 6.07) is 4.52. The number of hydrogen-bond donors (Lipinski definition) is 1. The third kappa shape index (κ3) is 3.31. The highest BCUT2D eigenvalue weighted by molar-refractivity contribution is 9.10. The average Bonchev–Trinajstić information content (AvgIpc) is 2.34. The van der Waals surface area contributed by atoms with Crippen molar-refractivity contribution in [3.05, 3.63) is 50.6 Å². The molecule has 7 heteroatoms. The van der Waals surface area contributed by atoms with Crippen LogP contribution in [0.3, 0.4) is 0 Å². The monoisotopic (exact) mass is 349 g/mol. The minimum absolute atomic E-state index is 0.0917. The number of nitrogens with zero attached hydrogens (tertiary/aromatic N) is 2. The zero-order chi connectivity index (χ0) is 13.1. The standard InChI is InChI=1S/C11H7BrCl2FN3/c12-7-5-17-11(14)18-10(7)16-4-6-1-2-9(15)8(13)3-6/h1-3,5H,4H2,(H,16,17,18). The third-order valence-electron chi connectivity index (χ3n) is 2.16. The first kappa shape index (κ1) is 13.5. The van der Waals surface area contributed by atoms with Gasteiger partial charge in [0.25, 0.3) is 0 Å². The number of hydrogen-bond acceptors (Lipinski definition) is 3. The molecular formula is C11H7BrCl2FN3. The molecule has 18 heavy (non-hydrogen) atoms. The van der Waals surface area contributed by atoms with Crippen molar-refractivity contribution in [1.82, 2.24) is 9.97 Å². The Labute approximate surface area is 121 Å². The van der Waals surface area contributed by atoms with E-state index in [4.69, 9.17) is 23.2 Å². The highest BCUT2D eigenvalue weighted by atomic mass is 79.9. The van der Waals surface area contributed by atoms with Crippen molar-refractivity contribution in [2.24, 2.45) is 0 Å². The minimum Gasteiger partial charge on any atom is -0.365 e. The van der Waals surface area contributed by atoms with Gasteiger partial charge in [-0.3, -0.25) is 0 Å². The van der Waals surface area contributed by atoms with Gasteiger partial charge in [-0.05, 0) is 45.2 Å². The van der Waals surface area contributed by atoms with Crippen molar-refractivity contribution < 1.29 is 4.39 Å². The number of rotatable bonds is 3. The fourth-order valence-electron chi connectivity index (χ4n) is 1.30. The summed E-state index contributed by atoms with van der Waals surface area (Å²) in [4.78, 5) is 7.83. The molecule has 2 rings (SSSR count). The van der Waals surface area contributed by atoms with Crippen molar-refractivity contribution >= 4 is 44.9 Å². The second-order valence-corrected chi connectivity index (χ2v) is 5.04. The Balaban J connectivity index is 2.11. The van der Waals surface area contributed by atoms with Crippen LogP contribution in [-0.4, -0.2) is 9.97 Å². The zero-order valence-corrected chi connectivity index (χ0v) is 12.0. The lowest BCUT2D eigenvalue weighted by Gasteiger charge is -2.08. The zero-order valence-electron chi connectivity index (χ0n) is 8.92. The molecule has 0 fully saturated rings. The molecule has 0 bridgehead atoms. The van der Waals surface area contributed by atoms with E-state index < -0.39 is 5.82 Å². The summed E-state index contributed by atoms with van der Waals surface area (Å²) in [6.45, 7) is 0.450. The van der Waals surface area contributed by atoms with Gasteiger partial charge in [0, 0.05) is 12.7 Å². The van der Waals surface area contributed by atoms with Crippen molar-refractivity contribution in [3.8, 4) is 0 Å². The summed E-state index contributed by atoms with van der Waals surface area (Å²) in [6.07, 6.45) is 1.55. The molecule has 3 nitrogen and oxygen atoms in total. The molecular weight excluding hydrogens is 344 g/mol. The Morgan fingerprint density at radius 2 is 2.11 bits per heavy atom. The third-order valence-corrected chi connectivity index (χ3v) is 3.21. The smallest absolute Gasteiger partial charge is 0.224 e. The number of aromatic nitrogens is 2. The largest absolute Gasteiger partial charge is 0.365 e. The first-order valence-corrected chi connectivity index (χ1v) is 6.47. The number of anilines is 1. The van der Waals surface area contributed by atoms with Crippen molar-refractivity contribution in [1.29, 1.82) is 0 Å². The van der Waals surface area contributed by atoms with E-state index in [1.165, 1.54) is 6.07 Å². The van der Waals surface area contributed by atoms with Crippen LogP contribution in [-0.2, 0) is 6.54 Å². The fraction of sp³-hybridized carbons (Fsp3) is 0.0909. The van der Waals surface area contributed by atoms with Crippen LogP contribution < -0.4 is 5.32 Å². The van der Waals surface area contributed by atoms with E-state index in [-0.39, 0.29) is 10.3 Å². The lowest BCUT2D eigenvalue weighted by molar-refractivity contribution is 0.627. The Morgan fingerprint density at radius 3 is 2.83 bits per heavy atom. The highest BCUT2D eigenvalue weighted by Gasteiger charge is 2.05. The van der Waals surface area contributed by atoms with E-state index in [0.29, 0.717) is 16.8 Å². The van der Waals surface area contributed by atoms with Gasteiger partial charge in [0.15, 0.2) is 0 Å². The van der Waals surface area contributed by atoms with E-state index in [1.807, 2.05) is 0 Å². The molecule has 0 aliphatic heterocycles. The molecule has 94 valence electrons. The van der Waals surface area contributed by atoms with E-state index in [9.17, 15) is 4.39 Å². The Bertz CT molecular complexity index is 580. The Morgan fingerprint density at radius 1 is 1.33 bits per heavy atom. The molecule has 0 spiro atoms. The lowest BCUT2D eigenvalue weighted by atomic mass is 10.2. The quantitative estimate of drug-likeness (QED) is 0.839. The maximum absolute atomic E-state index is 13.0. The molecule has 1 aromatic carbocycles. The van der Waals surface area contributed by atoms with Crippen LogP contribution in [0.1, 0.15) is 5.56 Å². The van der Waals surface area contributed by atoms with Gasteiger partial charge in [-0.15, -0.1) is 0 Å². The molecule has 0 unspecified atom stereocenters. The number of halogens is 4. The summed E-state index contributed by atoms with van der Waals surface area (Å²) >= 11 is 14.7. The van der Waals surface area contributed by atoms with Crippen molar-refractivity contribution in [2.45, 2.75) is 6.54 Å². The van der Waals surface area contributed by atoms with Crippen LogP contribution >= 0.6 is 39.1 Å². The van der Waals surface area contributed by atoms with Gasteiger partial charge in [-0.25, -0.2) is 9.37 Å². The van der Waals surface area contributed by atoms with Crippen LogP contribution in [0.2, 0.25) is 10.3 Å². The number of nitrogens with one attached hydrogen (secondary N) is 1. The van der Waals surface area contributed by atoms with Gasteiger partial charge in [0.05, 0.1) is 9.50 Å². The van der Waals surface area contributed by atoms with E-state index in [1.54, 1.807) is 18.3 Å². The molecule has 0 radical (unpaired) electrons. The molecule has 0 atom stereocenters. The summed E-state index contributed by atoms with van der Waals surface area (Å²) in [7, 11) is 0. The minimum atomic E-state index is -0.438. The summed E-state index contributed by atoms with van der Waals surface area (Å²) < 4.78 is 13.7. The summed E-state index contributed by atoms with van der Waals surface area (Å²) in [5.74, 6) is 0.127. The van der Waals surface area contributed by atoms with Crippen LogP contribution in [0.25, 0.3) is 0 Å². The van der Waals surface area contributed by atoms with Crippen molar-refractivity contribution in [3.63, 3.8) is 0 Å². The first-order chi connectivity index (χ1) is 8.56. The lowest BCUT2D eigenvalue weighted by Crippen LogP contribution is -2.03. The molecule has 0 saturated heterocycles. The number of benzene rings is 1. The maximum atomic E-state index is 13.0. The molecule has 2 aromatic rings. The van der Waals surface area contributed by atoms with Gasteiger partial charge in [-0.2, -0.15) is 4.98 Å².